The topological polar surface area (TPSA) is 104 Å². The van der Waals surface area contributed by atoms with Gasteiger partial charge in [-0.2, -0.15) is 5.10 Å². The molecule has 2 aromatic carbocycles. The maximum absolute atomic E-state index is 12.2. The Labute approximate surface area is 175 Å². The summed E-state index contributed by atoms with van der Waals surface area (Å²) >= 11 is 0. The quantitative estimate of drug-likeness (QED) is 0.557. The van der Waals surface area contributed by atoms with Gasteiger partial charge in [0.15, 0.2) is 18.1 Å². The van der Waals surface area contributed by atoms with Crippen molar-refractivity contribution in [1.29, 1.82) is 0 Å². The molecule has 3 aromatic rings. The largest absolute Gasteiger partial charge is 0.490 e. The summed E-state index contributed by atoms with van der Waals surface area (Å²) in [6, 6.07) is 12.9. The number of aromatic nitrogens is 2. The number of ether oxygens (including phenoxy) is 2. The van der Waals surface area contributed by atoms with Crippen molar-refractivity contribution in [1.82, 2.24) is 9.66 Å². The van der Waals surface area contributed by atoms with Crippen molar-refractivity contribution in [3.63, 3.8) is 0 Å². The van der Waals surface area contributed by atoms with E-state index < -0.39 is 0 Å². The second-order valence-corrected chi connectivity index (χ2v) is 6.62. The number of nitrogen functional groups attached to an aromatic ring is 1. The van der Waals surface area contributed by atoms with Crippen LogP contribution in [0.3, 0.4) is 0 Å². The smallest absolute Gasteiger partial charge is 0.262 e. The molecular weight excluding hydrogens is 382 g/mol. The van der Waals surface area contributed by atoms with E-state index in [0.29, 0.717) is 24.1 Å². The molecule has 1 amide bonds. The average Bonchev–Trinajstić information content (AvgIpc) is 3.04. The van der Waals surface area contributed by atoms with Crippen LogP contribution in [0.2, 0.25) is 0 Å². The average molecular weight is 407 g/mol. The predicted octanol–water partition coefficient (Wildman–Crippen LogP) is 3.38. The number of nitrogens with one attached hydrogen (secondary N) is 1. The first kappa shape index (κ1) is 20.9. The lowest BCUT2D eigenvalue weighted by atomic mass is 10.2. The van der Waals surface area contributed by atoms with E-state index in [1.807, 2.05) is 51.1 Å². The number of hydrogen-bond acceptors (Lipinski definition) is 6. The molecule has 3 N–H and O–H groups in total. The van der Waals surface area contributed by atoms with Gasteiger partial charge in [0, 0.05) is 5.69 Å². The van der Waals surface area contributed by atoms with E-state index >= 15 is 0 Å². The van der Waals surface area contributed by atoms with Crippen LogP contribution in [-0.4, -0.2) is 35.0 Å². The van der Waals surface area contributed by atoms with E-state index in [2.05, 4.69) is 15.4 Å². The Morgan fingerprint density at radius 1 is 1.20 bits per heavy atom. The second kappa shape index (κ2) is 9.60. The van der Waals surface area contributed by atoms with Crippen LogP contribution in [0.25, 0.3) is 0 Å². The second-order valence-electron chi connectivity index (χ2n) is 6.62. The third kappa shape index (κ3) is 5.38. The fourth-order valence-corrected chi connectivity index (χ4v) is 2.76. The molecule has 0 saturated heterocycles. The Bertz CT molecular complexity index is 1060. The van der Waals surface area contributed by atoms with Gasteiger partial charge in [-0.3, -0.25) is 4.79 Å². The van der Waals surface area contributed by atoms with Crippen molar-refractivity contribution in [3.05, 3.63) is 65.5 Å². The van der Waals surface area contributed by atoms with Crippen molar-refractivity contribution >= 4 is 23.8 Å². The molecule has 0 radical (unpaired) electrons. The zero-order valence-electron chi connectivity index (χ0n) is 17.3. The molecular formula is C22H25N5O3. The summed E-state index contributed by atoms with van der Waals surface area (Å²) < 4.78 is 12.8. The van der Waals surface area contributed by atoms with Gasteiger partial charge in [0.05, 0.1) is 24.7 Å². The van der Waals surface area contributed by atoms with E-state index in [4.69, 9.17) is 15.2 Å². The number of para-hydroxylation sites is 1. The summed E-state index contributed by atoms with van der Waals surface area (Å²) in [7, 11) is 0. The number of nitrogens with zero attached hydrogens (tertiary/aromatic N) is 3. The lowest BCUT2D eigenvalue weighted by Crippen LogP contribution is -2.20. The standard InChI is InChI=1S/C22H25N5O3/c1-4-29-20-11-17(12-24-27-13-16(3)25-22(27)23)9-10-19(20)30-14-21(28)26-18-8-6-5-7-15(18)2/h5-13H,4,14H2,1-3H3,(H2,23,25)(H,26,28). The Morgan fingerprint density at radius 3 is 2.70 bits per heavy atom. The number of hydrogen-bond donors (Lipinski definition) is 2. The van der Waals surface area contributed by atoms with E-state index in [-0.39, 0.29) is 12.5 Å². The lowest BCUT2D eigenvalue weighted by molar-refractivity contribution is -0.118. The molecule has 0 spiro atoms. The molecule has 8 nitrogen and oxygen atoms in total. The summed E-state index contributed by atoms with van der Waals surface area (Å²) in [6.07, 6.45) is 3.38. The van der Waals surface area contributed by atoms with E-state index in [1.165, 1.54) is 4.68 Å². The minimum absolute atomic E-state index is 0.132. The van der Waals surface area contributed by atoms with Crippen molar-refractivity contribution < 1.29 is 14.3 Å². The molecule has 0 fully saturated rings. The highest BCUT2D eigenvalue weighted by molar-refractivity contribution is 5.92. The van der Waals surface area contributed by atoms with Crippen LogP contribution in [0.4, 0.5) is 11.6 Å². The molecule has 1 heterocycles. The van der Waals surface area contributed by atoms with Gasteiger partial charge in [-0.05, 0) is 56.2 Å². The fraction of sp³-hybridized carbons (Fsp3) is 0.227. The van der Waals surface area contributed by atoms with Crippen LogP contribution in [-0.2, 0) is 4.79 Å². The van der Waals surface area contributed by atoms with Gasteiger partial charge in [-0.25, -0.2) is 9.66 Å². The van der Waals surface area contributed by atoms with Crippen molar-refractivity contribution in [3.8, 4) is 11.5 Å². The minimum Gasteiger partial charge on any atom is -0.490 e. The van der Waals surface area contributed by atoms with Gasteiger partial charge in [-0.15, -0.1) is 0 Å². The van der Waals surface area contributed by atoms with E-state index in [0.717, 1.165) is 22.5 Å². The van der Waals surface area contributed by atoms with Gasteiger partial charge >= 0.3 is 0 Å². The van der Waals surface area contributed by atoms with Gasteiger partial charge in [0.2, 0.25) is 5.95 Å². The third-order valence-electron chi connectivity index (χ3n) is 4.21. The summed E-state index contributed by atoms with van der Waals surface area (Å²) in [5.74, 6) is 1.07. The molecule has 3 rings (SSSR count). The van der Waals surface area contributed by atoms with Crippen LogP contribution >= 0.6 is 0 Å². The predicted molar refractivity (Wildman–Crippen MR) is 117 cm³/mol. The van der Waals surface area contributed by atoms with Crippen molar-refractivity contribution in [2.75, 3.05) is 24.3 Å². The number of carbonyl (C=O) groups is 1. The first-order valence-corrected chi connectivity index (χ1v) is 9.57. The van der Waals surface area contributed by atoms with Crippen LogP contribution < -0.4 is 20.5 Å². The number of imidazole rings is 1. The molecule has 30 heavy (non-hydrogen) atoms. The van der Waals surface area contributed by atoms with E-state index in [9.17, 15) is 4.79 Å². The van der Waals surface area contributed by atoms with Crippen LogP contribution in [0, 0.1) is 13.8 Å². The number of carbonyl (C=O) groups excluding carboxylic acids is 1. The first-order chi connectivity index (χ1) is 14.5. The fourth-order valence-electron chi connectivity index (χ4n) is 2.76. The SMILES string of the molecule is CCOc1cc(C=Nn2cc(C)nc2N)ccc1OCC(=O)Nc1ccccc1C. The summed E-state index contributed by atoms with van der Waals surface area (Å²) in [5.41, 5.74) is 9.12. The summed E-state index contributed by atoms with van der Waals surface area (Å²) in [4.78, 5) is 16.4. The van der Waals surface area contributed by atoms with Gasteiger partial charge < -0.3 is 20.5 Å². The molecule has 0 aliphatic rings. The van der Waals surface area contributed by atoms with Crippen molar-refractivity contribution in [2.24, 2.45) is 5.10 Å². The monoisotopic (exact) mass is 407 g/mol. The zero-order chi connectivity index (χ0) is 21.5. The first-order valence-electron chi connectivity index (χ1n) is 9.57. The van der Waals surface area contributed by atoms with Gasteiger partial charge in [-0.1, -0.05) is 18.2 Å². The van der Waals surface area contributed by atoms with Gasteiger partial charge in [0.25, 0.3) is 5.91 Å². The Balaban J connectivity index is 1.68. The summed E-state index contributed by atoms with van der Waals surface area (Å²) in [5, 5.41) is 7.14. The number of anilines is 2. The molecule has 0 saturated carbocycles. The van der Waals surface area contributed by atoms with E-state index in [1.54, 1.807) is 24.5 Å². The molecule has 0 unspecified atom stereocenters. The number of rotatable bonds is 8. The maximum Gasteiger partial charge on any atom is 0.262 e. The highest BCUT2D eigenvalue weighted by Gasteiger charge is 2.10. The molecule has 0 bridgehead atoms. The molecule has 0 aliphatic carbocycles. The van der Waals surface area contributed by atoms with Crippen LogP contribution in [0.1, 0.15) is 23.7 Å². The maximum atomic E-state index is 12.2. The number of benzene rings is 2. The molecule has 156 valence electrons. The number of amides is 1. The molecule has 8 heteroatoms. The third-order valence-corrected chi connectivity index (χ3v) is 4.21. The highest BCUT2D eigenvalue weighted by atomic mass is 16.5. The normalized spacial score (nSPS) is 10.9. The zero-order valence-corrected chi connectivity index (χ0v) is 17.3. The number of nitrogens with two attached hydrogens (primary N) is 1. The minimum atomic E-state index is -0.247. The van der Waals surface area contributed by atoms with Crippen molar-refractivity contribution in [2.45, 2.75) is 20.8 Å². The molecule has 0 atom stereocenters. The Morgan fingerprint density at radius 2 is 2.00 bits per heavy atom. The highest BCUT2D eigenvalue weighted by Crippen LogP contribution is 2.28. The Kier molecular flexibility index (Phi) is 6.69. The molecule has 0 aliphatic heterocycles. The summed E-state index contributed by atoms with van der Waals surface area (Å²) in [6.45, 7) is 5.98. The van der Waals surface area contributed by atoms with Crippen LogP contribution in [0.5, 0.6) is 11.5 Å². The Hall–Kier alpha value is -3.81. The van der Waals surface area contributed by atoms with Crippen LogP contribution in [0.15, 0.2) is 53.8 Å². The lowest BCUT2D eigenvalue weighted by Gasteiger charge is -2.13. The number of aryl methyl sites for hydroxylation is 2. The van der Waals surface area contributed by atoms with Gasteiger partial charge in [0.1, 0.15) is 0 Å². The molecule has 1 aromatic heterocycles.